The van der Waals surface area contributed by atoms with Gasteiger partial charge in [0.15, 0.2) is 18.1 Å². The Kier molecular flexibility index (Phi) is 8.91. The molecule has 182 valence electrons. The molecule has 3 aromatic carbocycles. The highest BCUT2D eigenvalue weighted by Gasteiger charge is 2.18. The summed E-state index contributed by atoms with van der Waals surface area (Å²) in [4.78, 5) is 24.6. The van der Waals surface area contributed by atoms with Gasteiger partial charge in [0.1, 0.15) is 11.5 Å². The zero-order chi connectivity index (χ0) is 25.2. The van der Waals surface area contributed by atoms with Crippen molar-refractivity contribution in [2.45, 2.75) is 0 Å². The predicted molar refractivity (Wildman–Crippen MR) is 130 cm³/mol. The van der Waals surface area contributed by atoms with Crippen LogP contribution in [0.4, 0.5) is 0 Å². The largest absolute Gasteiger partial charge is 0.493 e. The maximum atomic E-state index is 12.7. The zero-order valence-corrected chi connectivity index (χ0v) is 20.0. The molecule has 0 atom stereocenters. The molecule has 9 nitrogen and oxygen atoms in total. The second-order valence-corrected chi connectivity index (χ2v) is 7.35. The van der Waals surface area contributed by atoms with Crippen molar-refractivity contribution in [1.29, 1.82) is 0 Å². The second-order valence-electron chi connectivity index (χ2n) is 6.91. The fourth-order valence-corrected chi connectivity index (χ4v) is 3.04. The van der Waals surface area contributed by atoms with Gasteiger partial charge in [0.25, 0.3) is 5.91 Å². The maximum Gasteiger partial charge on any atom is 0.343 e. The Bertz CT molecular complexity index is 1190. The van der Waals surface area contributed by atoms with Gasteiger partial charge in [-0.1, -0.05) is 23.7 Å². The van der Waals surface area contributed by atoms with Gasteiger partial charge in [0.2, 0.25) is 5.75 Å². The van der Waals surface area contributed by atoms with Crippen LogP contribution in [-0.4, -0.2) is 46.0 Å². The smallest absolute Gasteiger partial charge is 0.343 e. The summed E-state index contributed by atoms with van der Waals surface area (Å²) in [6.45, 7) is -0.217. The average molecular weight is 499 g/mol. The Morgan fingerprint density at radius 1 is 0.914 bits per heavy atom. The van der Waals surface area contributed by atoms with Crippen molar-refractivity contribution in [3.8, 4) is 28.7 Å². The number of hydrogen-bond donors (Lipinski definition) is 1. The number of nitrogens with zero attached hydrogens (tertiary/aromatic N) is 1. The van der Waals surface area contributed by atoms with Crippen molar-refractivity contribution in [3.63, 3.8) is 0 Å². The van der Waals surface area contributed by atoms with Crippen LogP contribution in [0.2, 0.25) is 5.02 Å². The molecule has 35 heavy (non-hydrogen) atoms. The molecule has 0 spiro atoms. The standard InChI is InChI=1S/C25H23ClN2O7/c1-31-21-12-17(13-22(32-2)24(21)33-3)25(30)35-20-6-4-5-16(11-20)14-27-28-23(29)15-34-19-9-7-18(26)8-10-19/h4-14H,15H2,1-3H3,(H,28,29)/b27-14-. The first-order valence-corrected chi connectivity index (χ1v) is 10.6. The summed E-state index contributed by atoms with van der Waals surface area (Å²) in [5, 5.41) is 4.47. The van der Waals surface area contributed by atoms with E-state index < -0.39 is 11.9 Å². The number of hydrazone groups is 1. The van der Waals surface area contributed by atoms with E-state index >= 15 is 0 Å². The van der Waals surface area contributed by atoms with Crippen LogP contribution >= 0.6 is 11.6 Å². The number of methoxy groups -OCH3 is 3. The van der Waals surface area contributed by atoms with Gasteiger partial charge in [-0.05, 0) is 54.1 Å². The average Bonchev–Trinajstić information content (AvgIpc) is 2.87. The fourth-order valence-electron chi connectivity index (χ4n) is 2.91. The fraction of sp³-hybridized carbons (Fsp3) is 0.160. The molecule has 1 N–H and O–H groups in total. The van der Waals surface area contributed by atoms with Gasteiger partial charge in [-0.15, -0.1) is 0 Å². The number of nitrogens with one attached hydrogen (secondary N) is 1. The third-order valence-corrected chi connectivity index (χ3v) is 4.81. The topological polar surface area (TPSA) is 105 Å². The predicted octanol–water partition coefficient (Wildman–Crippen LogP) is 4.11. The zero-order valence-electron chi connectivity index (χ0n) is 19.2. The molecule has 1 amide bonds. The van der Waals surface area contributed by atoms with Crippen LogP contribution in [0.5, 0.6) is 28.7 Å². The van der Waals surface area contributed by atoms with E-state index in [4.69, 9.17) is 35.3 Å². The molecule has 0 aliphatic rings. The van der Waals surface area contributed by atoms with E-state index in [2.05, 4.69) is 10.5 Å². The van der Waals surface area contributed by atoms with E-state index in [1.165, 1.54) is 39.7 Å². The molecule has 3 aromatic rings. The van der Waals surface area contributed by atoms with Crippen molar-refractivity contribution in [3.05, 3.63) is 76.8 Å². The minimum Gasteiger partial charge on any atom is -0.493 e. The van der Waals surface area contributed by atoms with Crippen molar-refractivity contribution in [2.75, 3.05) is 27.9 Å². The summed E-state index contributed by atoms with van der Waals surface area (Å²) in [6.07, 6.45) is 1.41. The summed E-state index contributed by atoms with van der Waals surface area (Å²) in [5.41, 5.74) is 3.18. The molecular weight excluding hydrogens is 476 g/mol. The molecule has 0 saturated heterocycles. The van der Waals surface area contributed by atoms with Crippen LogP contribution in [0.15, 0.2) is 65.8 Å². The first kappa shape index (κ1) is 25.4. The van der Waals surface area contributed by atoms with Gasteiger partial charge in [-0.2, -0.15) is 5.10 Å². The lowest BCUT2D eigenvalue weighted by Crippen LogP contribution is -2.24. The summed E-state index contributed by atoms with van der Waals surface area (Å²) < 4.78 is 26.6. The lowest BCUT2D eigenvalue weighted by molar-refractivity contribution is -0.123. The molecule has 0 heterocycles. The van der Waals surface area contributed by atoms with E-state index in [1.807, 2.05) is 0 Å². The third-order valence-electron chi connectivity index (χ3n) is 4.56. The monoisotopic (exact) mass is 498 g/mol. The second kappa shape index (κ2) is 12.3. The normalized spacial score (nSPS) is 10.5. The highest BCUT2D eigenvalue weighted by molar-refractivity contribution is 6.30. The number of rotatable bonds is 10. The van der Waals surface area contributed by atoms with Crippen LogP contribution in [0.1, 0.15) is 15.9 Å². The van der Waals surface area contributed by atoms with E-state index in [1.54, 1.807) is 48.5 Å². The summed E-state index contributed by atoms with van der Waals surface area (Å²) in [5.74, 6) is 0.753. The van der Waals surface area contributed by atoms with Crippen LogP contribution < -0.4 is 29.1 Å². The Morgan fingerprint density at radius 2 is 1.60 bits per heavy atom. The molecule has 10 heteroatoms. The highest BCUT2D eigenvalue weighted by Crippen LogP contribution is 2.38. The number of carbonyl (C=O) groups excluding carboxylic acids is 2. The first-order valence-electron chi connectivity index (χ1n) is 10.3. The van der Waals surface area contributed by atoms with E-state index in [0.717, 1.165) is 0 Å². The summed E-state index contributed by atoms with van der Waals surface area (Å²) in [7, 11) is 4.39. The Labute approximate surface area is 207 Å². The quantitative estimate of drug-likeness (QED) is 0.194. The van der Waals surface area contributed by atoms with Crippen LogP contribution in [-0.2, 0) is 4.79 Å². The van der Waals surface area contributed by atoms with Gasteiger partial charge in [-0.25, -0.2) is 10.2 Å². The third kappa shape index (κ3) is 7.12. The molecule has 0 saturated carbocycles. The molecule has 0 aromatic heterocycles. The SMILES string of the molecule is COc1cc(C(=O)Oc2cccc(/C=N\NC(=O)COc3ccc(Cl)cc3)c2)cc(OC)c1OC. The molecule has 0 aliphatic heterocycles. The van der Waals surface area contributed by atoms with Gasteiger partial charge < -0.3 is 23.7 Å². The Balaban J connectivity index is 1.59. The molecule has 0 aliphatic carbocycles. The van der Waals surface area contributed by atoms with E-state index in [0.29, 0.717) is 33.6 Å². The molecular formula is C25H23ClN2O7. The van der Waals surface area contributed by atoms with Crippen LogP contribution in [0, 0.1) is 0 Å². The van der Waals surface area contributed by atoms with Crippen LogP contribution in [0.3, 0.4) is 0 Å². The molecule has 0 unspecified atom stereocenters. The van der Waals surface area contributed by atoms with Gasteiger partial charge >= 0.3 is 5.97 Å². The van der Waals surface area contributed by atoms with E-state index in [9.17, 15) is 9.59 Å². The van der Waals surface area contributed by atoms with Crippen molar-refractivity contribution in [2.24, 2.45) is 5.10 Å². The Hall–Kier alpha value is -4.24. The summed E-state index contributed by atoms with van der Waals surface area (Å²) in [6, 6.07) is 16.3. The number of carbonyl (C=O) groups is 2. The highest BCUT2D eigenvalue weighted by atomic mass is 35.5. The number of benzene rings is 3. The van der Waals surface area contributed by atoms with Crippen molar-refractivity contribution in [1.82, 2.24) is 5.43 Å². The molecule has 0 fully saturated rings. The number of hydrogen-bond acceptors (Lipinski definition) is 8. The Morgan fingerprint density at radius 3 is 2.23 bits per heavy atom. The van der Waals surface area contributed by atoms with Gasteiger partial charge in [0, 0.05) is 5.02 Å². The molecule has 0 bridgehead atoms. The minimum atomic E-state index is -0.619. The molecule has 3 rings (SSSR count). The number of halogens is 1. The molecule has 0 radical (unpaired) electrons. The lowest BCUT2D eigenvalue weighted by atomic mass is 10.1. The first-order chi connectivity index (χ1) is 16.9. The van der Waals surface area contributed by atoms with Gasteiger partial charge in [0.05, 0.1) is 33.1 Å². The number of ether oxygens (including phenoxy) is 5. The van der Waals surface area contributed by atoms with Crippen molar-refractivity contribution < 1.29 is 33.3 Å². The van der Waals surface area contributed by atoms with Crippen molar-refractivity contribution >= 4 is 29.7 Å². The lowest BCUT2D eigenvalue weighted by Gasteiger charge is -2.13. The maximum absolute atomic E-state index is 12.7. The minimum absolute atomic E-state index is 0.214. The van der Waals surface area contributed by atoms with E-state index in [-0.39, 0.29) is 17.9 Å². The number of esters is 1. The van der Waals surface area contributed by atoms with Gasteiger partial charge in [-0.3, -0.25) is 4.79 Å². The van der Waals surface area contributed by atoms with Crippen LogP contribution in [0.25, 0.3) is 0 Å². The number of amides is 1. The summed E-state index contributed by atoms with van der Waals surface area (Å²) >= 11 is 5.81.